The molecule has 0 aromatic rings. The largest absolute Gasteiger partial charge is 0.343 e. The van der Waals surface area contributed by atoms with Gasteiger partial charge in [-0.15, -0.1) is 0 Å². The molecule has 1 spiro atoms. The van der Waals surface area contributed by atoms with E-state index < -0.39 is 0 Å². The van der Waals surface area contributed by atoms with E-state index in [2.05, 4.69) is 18.7 Å². The standard InChI is InChI=1S/C14H26N2O.C2H6/c1-12(2)15-8-4-14(5-9-15)6-10-16(11-7-14)13(3)17;1-2/h12H,4-11H2,1-3H3;1-2H3. The van der Waals surface area contributed by atoms with Crippen LogP contribution in [0.5, 0.6) is 0 Å². The van der Waals surface area contributed by atoms with Gasteiger partial charge in [0.1, 0.15) is 0 Å². The lowest BCUT2D eigenvalue weighted by molar-refractivity contribution is -0.131. The van der Waals surface area contributed by atoms with Crippen molar-refractivity contribution in [2.45, 2.75) is 66.3 Å². The zero-order chi connectivity index (χ0) is 14.5. The molecule has 0 aromatic heterocycles. The predicted octanol–water partition coefficient (Wildman–Crippen LogP) is 3.15. The van der Waals surface area contributed by atoms with Crippen LogP contribution in [0.4, 0.5) is 0 Å². The van der Waals surface area contributed by atoms with Crippen LogP contribution < -0.4 is 0 Å². The Balaban J connectivity index is 0.000000861. The van der Waals surface area contributed by atoms with Gasteiger partial charge in [0, 0.05) is 26.1 Å². The van der Waals surface area contributed by atoms with E-state index in [-0.39, 0.29) is 5.91 Å². The summed E-state index contributed by atoms with van der Waals surface area (Å²) in [6, 6.07) is 0.685. The summed E-state index contributed by atoms with van der Waals surface area (Å²) in [5, 5.41) is 0. The first kappa shape index (κ1) is 16.5. The molecular weight excluding hydrogens is 236 g/mol. The van der Waals surface area contributed by atoms with Crippen LogP contribution in [0.15, 0.2) is 0 Å². The van der Waals surface area contributed by atoms with E-state index in [0.717, 1.165) is 13.1 Å². The number of piperidine rings is 2. The molecule has 2 aliphatic rings. The van der Waals surface area contributed by atoms with Gasteiger partial charge in [-0.3, -0.25) is 4.79 Å². The molecule has 0 atom stereocenters. The summed E-state index contributed by atoms with van der Waals surface area (Å²) in [5.74, 6) is 0.250. The summed E-state index contributed by atoms with van der Waals surface area (Å²) < 4.78 is 0. The maximum Gasteiger partial charge on any atom is 0.219 e. The monoisotopic (exact) mass is 268 g/mol. The van der Waals surface area contributed by atoms with Crippen molar-refractivity contribution in [1.29, 1.82) is 0 Å². The van der Waals surface area contributed by atoms with Gasteiger partial charge in [0.25, 0.3) is 0 Å². The van der Waals surface area contributed by atoms with Gasteiger partial charge in [0.15, 0.2) is 0 Å². The smallest absolute Gasteiger partial charge is 0.219 e. The van der Waals surface area contributed by atoms with Gasteiger partial charge >= 0.3 is 0 Å². The number of likely N-dealkylation sites (tertiary alicyclic amines) is 2. The third-order valence-corrected chi connectivity index (χ3v) is 4.86. The van der Waals surface area contributed by atoms with E-state index in [0.29, 0.717) is 11.5 Å². The second-order valence-electron chi connectivity index (χ2n) is 6.14. The highest BCUT2D eigenvalue weighted by Crippen LogP contribution is 2.41. The Bertz CT molecular complexity index is 270. The molecule has 0 unspecified atom stereocenters. The van der Waals surface area contributed by atoms with Crippen LogP contribution in [0, 0.1) is 5.41 Å². The number of nitrogens with zero attached hydrogens (tertiary/aromatic N) is 2. The molecule has 2 aliphatic heterocycles. The fourth-order valence-electron chi connectivity index (χ4n) is 3.31. The van der Waals surface area contributed by atoms with Crippen LogP contribution in [-0.4, -0.2) is 47.9 Å². The molecule has 2 saturated heterocycles. The first-order valence-corrected chi connectivity index (χ1v) is 8.02. The SMILES string of the molecule is CC.CC(=O)N1CCC2(CC1)CCN(C(C)C)CC2. The number of carbonyl (C=O) groups excluding carboxylic acids is 1. The Morgan fingerprint density at radius 3 is 1.74 bits per heavy atom. The van der Waals surface area contributed by atoms with Crippen LogP contribution in [0.1, 0.15) is 60.3 Å². The summed E-state index contributed by atoms with van der Waals surface area (Å²) in [4.78, 5) is 15.9. The summed E-state index contributed by atoms with van der Waals surface area (Å²) in [5.41, 5.74) is 0.553. The van der Waals surface area contributed by atoms with E-state index in [1.54, 1.807) is 6.92 Å². The molecule has 112 valence electrons. The van der Waals surface area contributed by atoms with E-state index in [1.807, 2.05) is 18.7 Å². The van der Waals surface area contributed by atoms with Gasteiger partial charge in [-0.25, -0.2) is 0 Å². The van der Waals surface area contributed by atoms with Gasteiger partial charge in [0.2, 0.25) is 5.91 Å². The number of rotatable bonds is 1. The zero-order valence-electron chi connectivity index (χ0n) is 13.5. The third-order valence-electron chi connectivity index (χ3n) is 4.86. The molecule has 0 aromatic carbocycles. The van der Waals surface area contributed by atoms with Crippen molar-refractivity contribution >= 4 is 5.91 Å². The Kier molecular flexibility index (Phi) is 6.31. The van der Waals surface area contributed by atoms with E-state index in [4.69, 9.17) is 0 Å². The molecular formula is C16H32N2O. The molecule has 0 N–H and O–H groups in total. The van der Waals surface area contributed by atoms with Crippen LogP contribution in [0.3, 0.4) is 0 Å². The van der Waals surface area contributed by atoms with Crippen molar-refractivity contribution in [3.8, 4) is 0 Å². The maximum atomic E-state index is 11.3. The molecule has 0 saturated carbocycles. The fourth-order valence-corrected chi connectivity index (χ4v) is 3.31. The lowest BCUT2D eigenvalue weighted by atomic mass is 9.71. The number of carbonyl (C=O) groups is 1. The first-order chi connectivity index (χ1) is 9.02. The van der Waals surface area contributed by atoms with Crippen LogP contribution in [0.25, 0.3) is 0 Å². The van der Waals surface area contributed by atoms with Gasteiger partial charge in [-0.1, -0.05) is 13.8 Å². The Morgan fingerprint density at radius 1 is 0.947 bits per heavy atom. The number of amides is 1. The van der Waals surface area contributed by atoms with Crippen molar-refractivity contribution < 1.29 is 4.79 Å². The predicted molar refractivity (Wildman–Crippen MR) is 81.2 cm³/mol. The number of hydrogen-bond acceptors (Lipinski definition) is 2. The lowest BCUT2D eigenvalue weighted by Crippen LogP contribution is -2.49. The third kappa shape index (κ3) is 4.20. The molecule has 19 heavy (non-hydrogen) atoms. The minimum atomic E-state index is 0.250. The lowest BCUT2D eigenvalue weighted by Gasteiger charge is -2.47. The highest BCUT2D eigenvalue weighted by atomic mass is 16.2. The maximum absolute atomic E-state index is 11.3. The highest BCUT2D eigenvalue weighted by molar-refractivity contribution is 5.73. The summed E-state index contributed by atoms with van der Waals surface area (Å²) in [6.07, 6.45) is 5.10. The van der Waals surface area contributed by atoms with Gasteiger partial charge in [0.05, 0.1) is 0 Å². The molecule has 2 fully saturated rings. The average molecular weight is 268 g/mol. The van der Waals surface area contributed by atoms with Crippen molar-refractivity contribution in [2.24, 2.45) is 5.41 Å². The number of hydrogen-bond donors (Lipinski definition) is 0. The van der Waals surface area contributed by atoms with Gasteiger partial charge in [-0.05, 0) is 58.0 Å². The highest BCUT2D eigenvalue weighted by Gasteiger charge is 2.38. The summed E-state index contributed by atoms with van der Waals surface area (Å²) in [7, 11) is 0. The Labute approximate surface area is 119 Å². The van der Waals surface area contributed by atoms with Crippen LogP contribution in [0.2, 0.25) is 0 Å². The van der Waals surface area contributed by atoms with E-state index in [1.165, 1.54) is 38.8 Å². The van der Waals surface area contributed by atoms with Gasteiger partial charge in [-0.2, -0.15) is 0 Å². The fraction of sp³-hybridized carbons (Fsp3) is 0.938. The van der Waals surface area contributed by atoms with Crippen molar-refractivity contribution in [2.75, 3.05) is 26.2 Å². The molecule has 3 nitrogen and oxygen atoms in total. The quantitative estimate of drug-likeness (QED) is 0.729. The second-order valence-corrected chi connectivity index (χ2v) is 6.14. The molecule has 0 aliphatic carbocycles. The Hall–Kier alpha value is -0.570. The van der Waals surface area contributed by atoms with E-state index >= 15 is 0 Å². The summed E-state index contributed by atoms with van der Waals surface area (Å²) in [6.45, 7) is 14.7. The minimum Gasteiger partial charge on any atom is -0.343 e. The van der Waals surface area contributed by atoms with Crippen molar-refractivity contribution in [3.05, 3.63) is 0 Å². The second kappa shape index (κ2) is 7.28. The van der Waals surface area contributed by atoms with Crippen LogP contribution in [-0.2, 0) is 4.79 Å². The molecule has 2 heterocycles. The Morgan fingerprint density at radius 2 is 1.37 bits per heavy atom. The first-order valence-electron chi connectivity index (χ1n) is 8.02. The van der Waals surface area contributed by atoms with E-state index in [9.17, 15) is 4.79 Å². The van der Waals surface area contributed by atoms with Crippen LogP contribution >= 0.6 is 0 Å². The molecule has 3 heteroatoms. The van der Waals surface area contributed by atoms with Gasteiger partial charge < -0.3 is 9.80 Å². The summed E-state index contributed by atoms with van der Waals surface area (Å²) >= 11 is 0. The minimum absolute atomic E-state index is 0.250. The zero-order valence-corrected chi connectivity index (χ0v) is 13.5. The molecule has 2 rings (SSSR count). The topological polar surface area (TPSA) is 23.6 Å². The van der Waals surface area contributed by atoms with Crippen molar-refractivity contribution in [1.82, 2.24) is 9.80 Å². The normalized spacial score (nSPS) is 23.2. The van der Waals surface area contributed by atoms with Crippen molar-refractivity contribution in [3.63, 3.8) is 0 Å². The molecule has 0 radical (unpaired) electrons. The molecule has 1 amide bonds. The average Bonchev–Trinajstić information content (AvgIpc) is 2.42. The molecule has 0 bridgehead atoms.